The van der Waals surface area contributed by atoms with Gasteiger partial charge in [0.05, 0.1) is 22.9 Å². The Balaban J connectivity index is 0.657. The number of likely N-dealkylation sites (tertiary alicyclic amines) is 1. The van der Waals surface area contributed by atoms with Crippen molar-refractivity contribution in [2.45, 2.75) is 82.7 Å². The lowest BCUT2D eigenvalue weighted by molar-refractivity contribution is -0.120. The summed E-state index contributed by atoms with van der Waals surface area (Å²) in [5, 5.41) is 18.5. The second-order valence-electron chi connectivity index (χ2n) is 22.4. The lowest BCUT2D eigenvalue weighted by Crippen LogP contribution is -2.51. The highest BCUT2D eigenvalue weighted by atomic mass is 35.5. The van der Waals surface area contributed by atoms with Crippen LogP contribution >= 0.6 is 11.6 Å². The van der Waals surface area contributed by atoms with Gasteiger partial charge < -0.3 is 34.8 Å². The van der Waals surface area contributed by atoms with Gasteiger partial charge in [0.15, 0.2) is 5.82 Å². The summed E-state index contributed by atoms with van der Waals surface area (Å²) in [4.78, 5) is 58.5. The number of piperazine rings is 2. The summed E-state index contributed by atoms with van der Waals surface area (Å²) in [6.45, 7) is 9.60. The third-order valence-corrected chi connectivity index (χ3v) is 17.9. The molecule has 4 aromatic carbocycles. The van der Waals surface area contributed by atoms with Gasteiger partial charge in [-0.3, -0.25) is 19.8 Å². The minimum Gasteiger partial charge on any atom is -0.508 e. The maximum atomic E-state index is 17.2. The molecule has 14 nitrogen and oxygen atoms in total. The van der Waals surface area contributed by atoms with Gasteiger partial charge in [-0.1, -0.05) is 29.7 Å². The van der Waals surface area contributed by atoms with Gasteiger partial charge in [0, 0.05) is 118 Å². The summed E-state index contributed by atoms with van der Waals surface area (Å²) in [6, 6.07) is 14.5. The molecule has 1 spiro atoms. The van der Waals surface area contributed by atoms with Crippen molar-refractivity contribution in [2.24, 2.45) is 16.7 Å². The van der Waals surface area contributed by atoms with Crippen molar-refractivity contribution < 1.29 is 33.0 Å². The fourth-order valence-electron chi connectivity index (χ4n) is 13.1. The van der Waals surface area contributed by atoms with E-state index in [9.17, 15) is 19.5 Å². The SMILES string of the molecule is C#Cc1c(F)ccc2cc(O)cc(-c3ccc4c(N5CC6CCC(C5)N6)nc(OCC5(CN6CCN(CC7CCC8(CC7)CCN(C(=O)c7ccc(Cl)c(N9CCC(=O)NC9=O)c7)CC8)CC6)CC5)nc4c3F)c12. The number of fused-ring (bicyclic) bond motifs is 4. The molecule has 5 saturated heterocycles. The Morgan fingerprint density at radius 1 is 0.851 bits per heavy atom. The number of aromatic nitrogens is 2. The smallest absolute Gasteiger partial charge is 0.328 e. The summed E-state index contributed by atoms with van der Waals surface area (Å²) in [7, 11) is 0. The van der Waals surface area contributed by atoms with Gasteiger partial charge in [-0.2, -0.15) is 9.97 Å². The van der Waals surface area contributed by atoms with E-state index in [2.05, 4.69) is 31.3 Å². The van der Waals surface area contributed by atoms with Crippen LogP contribution in [0.3, 0.4) is 0 Å². The van der Waals surface area contributed by atoms with Gasteiger partial charge in [0.25, 0.3) is 5.91 Å². The highest BCUT2D eigenvalue weighted by Gasteiger charge is 2.46. The molecule has 5 aromatic rings. The van der Waals surface area contributed by atoms with Crippen molar-refractivity contribution in [3.05, 3.63) is 82.4 Å². The molecule has 2 saturated carbocycles. The molecule has 2 bridgehead atoms. The third kappa shape index (κ3) is 9.50. The average Bonchev–Trinajstić information content (AvgIpc) is 4.09. The number of nitrogens with one attached hydrogen (secondary N) is 2. The second kappa shape index (κ2) is 19.5. The van der Waals surface area contributed by atoms with Crippen molar-refractivity contribution in [1.29, 1.82) is 0 Å². The number of hydrogen-bond acceptors (Lipinski definition) is 11. The van der Waals surface area contributed by atoms with Crippen LogP contribution in [0, 0.1) is 40.7 Å². The number of imide groups is 1. The van der Waals surface area contributed by atoms with Gasteiger partial charge >= 0.3 is 12.0 Å². The maximum absolute atomic E-state index is 17.2. The van der Waals surface area contributed by atoms with Crippen LogP contribution in [-0.2, 0) is 4.79 Å². The van der Waals surface area contributed by atoms with Gasteiger partial charge in [-0.05, 0) is 129 Å². The monoisotopic (exact) mass is 1030 g/mol. The number of ether oxygens (including phenoxy) is 1. The molecule has 7 aliphatic rings. The summed E-state index contributed by atoms with van der Waals surface area (Å²) in [6.07, 6.45) is 16.9. The Hall–Kier alpha value is -6.12. The number of piperidine rings is 1. The number of nitrogens with zero attached hydrogens (tertiary/aromatic N) is 7. The fraction of sp³-hybridized carbons (Fsp3) is 0.491. The van der Waals surface area contributed by atoms with Crippen LogP contribution in [0.4, 0.5) is 25.1 Å². The number of carbonyl (C=O) groups excluding carboxylic acids is 3. The molecule has 3 N–H and O–H groups in total. The number of rotatable bonds is 11. The van der Waals surface area contributed by atoms with Crippen molar-refractivity contribution in [2.75, 3.05) is 88.4 Å². The predicted molar refractivity (Wildman–Crippen MR) is 281 cm³/mol. The minimum atomic E-state index is -0.617. The van der Waals surface area contributed by atoms with Gasteiger partial charge in [-0.15, -0.1) is 6.42 Å². The van der Waals surface area contributed by atoms with Crippen molar-refractivity contribution >= 4 is 62.6 Å². The maximum Gasteiger partial charge on any atom is 0.328 e. The number of halogens is 3. The number of terminal acetylenes is 1. The Morgan fingerprint density at radius 3 is 2.31 bits per heavy atom. The minimum absolute atomic E-state index is 0.00213. The first-order valence-corrected chi connectivity index (χ1v) is 26.9. The molecule has 5 aliphatic heterocycles. The molecule has 17 heteroatoms. The molecule has 2 aliphatic carbocycles. The van der Waals surface area contributed by atoms with E-state index in [0.717, 1.165) is 90.9 Å². The van der Waals surface area contributed by atoms with Gasteiger partial charge in [0.1, 0.15) is 22.9 Å². The number of urea groups is 1. The van der Waals surface area contributed by atoms with E-state index in [1.807, 2.05) is 11.0 Å². The third-order valence-electron chi connectivity index (χ3n) is 17.6. The standard InChI is InChI=1S/C57H62ClF2N9O5/c1-2-41-46(59)10-4-36-27-40(70)29-44(49(36)41)42-7-8-43-51(50(42)60)63-54(64-52(43)68-31-38-5-6-39(32-68)61-38)74-34-57(16-17-57)33-66-25-23-65(24-26-66)30-35-11-14-56(15-12-35)18-21-67(22-19-56)53(72)37-3-9-45(58)47(28-37)69-20-13-48(71)62-55(69)73/h1,3-4,7-10,27-29,35,38-39,61,70H,5-6,11-26,30-34H2,(H,62,71,73). The van der Waals surface area contributed by atoms with Crippen LogP contribution in [-0.4, -0.2) is 138 Å². The van der Waals surface area contributed by atoms with E-state index < -0.39 is 17.7 Å². The predicted octanol–water partition coefficient (Wildman–Crippen LogP) is 8.34. The van der Waals surface area contributed by atoms with Gasteiger partial charge in [0.2, 0.25) is 5.91 Å². The van der Waals surface area contributed by atoms with Crippen LogP contribution in [0.2, 0.25) is 5.02 Å². The molecule has 12 rings (SSSR count). The quantitative estimate of drug-likeness (QED) is 0.110. The molecule has 1 aromatic heterocycles. The second-order valence-corrected chi connectivity index (χ2v) is 22.8. The number of phenols is 1. The van der Waals surface area contributed by atoms with Crippen molar-refractivity contribution in [3.8, 4) is 35.2 Å². The first kappa shape index (κ1) is 48.8. The van der Waals surface area contributed by atoms with Gasteiger partial charge in [-0.25, -0.2) is 13.6 Å². The first-order chi connectivity index (χ1) is 35.8. The molecule has 2 unspecified atom stereocenters. The van der Waals surface area contributed by atoms with E-state index >= 15 is 8.78 Å². The lowest BCUT2D eigenvalue weighted by Gasteiger charge is -2.47. The summed E-state index contributed by atoms with van der Waals surface area (Å²) >= 11 is 6.46. The molecule has 6 heterocycles. The number of amides is 4. The topological polar surface area (TPSA) is 147 Å². The van der Waals surface area contributed by atoms with Crippen LogP contribution in [0.15, 0.2) is 54.6 Å². The molecule has 2 atom stereocenters. The van der Waals surface area contributed by atoms with Crippen LogP contribution in [0.25, 0.3) is 32.8 Å². The number of hydrogen-bond donors (Lipinski definition) is 3. The number of aromatic hydroxyl groups is 1. The Labute approximate surface area is 434 Å². The number of phenolic OH excluding ortho intramolecular Hbond substituents is 1. The molecular weight excluding hydrogens is 964 g/mol. The lowest BCUT2D eigenvalue weighted by atomic mass is 9.65. The molecule has 0 radical (unpaired) electrons. The van der Waals surface area contributed by atoms with Crippen molar-refractivity contribution in [1.82, 2.24) is 35.3 Å². The van der Waals surface area contributed by atoms with E-state index in [-0.39, 0.29) is 69.6 Å². The molecule has 386 valence electrons. The Morgan fingerprint density at radius 2 is 1.59 bits per heavy atom. The zero-order valence-electron chi connectivity index (χ0n) is 41.6. The van der Waals surface area contributed by atoms with Crippen molar-refractivity contribution in [3.63, 3.8) is 0 Å². The average molecular weight is 1030 g/mol. The van der Waals surface area contributed by atoms with E-state index in [4.69, 9.17) is 32.7 Å². The Kier molecular flexibility index (Phi) is 12.9. The molecular formula is C57H62ClF2N9O5. The van der Waals surface area contributed by atoms with E-state index in [1.54, 1.807) is 24.3 Å². The van der Waals surface area contributed by atoms with E-state index in [1.165, 1.54) is 54.8 Å². The zero-order valence-corrected chi connectivity index (χ0v) is 42.4. The largest absolute Gasteiger partial charge is 0.508 e. The Bertz CT molecular complexity index is 3090. The van der Waals surface area contributed by atoms with Crippen LogP contribution in [0.1, 0.15) is 86.6 Å². The highest BCUT2D eigenvalue weighted by molar-refractivity contribution is 6.34. The fourth-order valence-corrected chi connectivity index (χ4v) is 13.3. The summed E-state index contributed by atoms with van der Waals surface area (Å²) < 4.78 is 38.8. The molecule has 4 amide bonds. The number of carbonyl (C=O) groups is 3. The summed E-state index contributed by atoms with van der Waals surface area (Å²) in [5.74, 6) is 2.06. The first-order valence-electron chi connectivity index (χ1n) is 26.5. The molecule has 7 fully saturated rings. The highest BCUT2D eigenvalue weighted by Crippen LogP contribution is 2.49. The van der Waals surface area contributed by atoms with E-state index in [0.29, 0.717) is 75.9 Å². The zero-order chi connectivity index (χ0) is 50.9. The van der Waals surface area contributed by atoms with Crippen LogP contribution in [0.5, 0.6) is 11.8 Å². The molecule has 74 heavy (non-hydrogen) atoms. The number of benzene rings is 4. The summed E-state index contributed by atoms with van der Waals surface area (Å²) in [5.41, 5.74) is 1.71. The normalized spacial score (nSPS) is 23.1. The van der Waals surface area contributed by atoms with Crippen LogP contribution < -0.4 is 25.2 Å². The number of anilines is 2.